The highest BCUT2D eigenvalue weighted by Crippen LogP contribution is 2.43. The predicted octanol–water partition coefficient (Wildman–Crippen LogP) is 0.339. The van der Waals surface area contributed by atoms with Crippen LogP contribution in [0.4, 0.5) is 0 Å². The number of nitrogens with zero attached hydrogens (tertiary/aromatic N) is 1. The van der Waals surface area contributed by atoms with Gasteiger partial charge in [0.25, 0.3) is 0 Å². The first kappa shape index (κ1) is 12.5. The first-order valence-corrected chi connectivity index (χ1v) is 7.43. The van der Waals surface area contributed by atoms with Gasteiger partial charge in [0.1, 0.15) is 0 Å². The fraction of sp³-hybridized carbons (Fsp3) is 0.545. The molecule has 5 nitrogen and oxygen atoms in total. The lowest BCUT2D eigenvalue weighted by Gasteiger charge is -2.13. The summed E-state index contributed by atoms with van der Waals surface area (Å²) in [5.74, 6) is 0. The first-order valence-electron chi connectivity index (χ1n) is 5.54. The fourth-order valence-electron chi connectivity index (χ4n) is 1.79. The third kappa shape index (κ3) is 3.02. The van der Waals surface area contributed by atoms with Gasteiger partial charge >= 0.3 is 0 Å². The van der Waals surface area contributed by atoms with E-state index >= 15 is 0 Å². The summed E-state index contributed by atoms with van der Waals surface area (Å²) in [7, 11) is -1.20. The summed E-state index contributed by atoms with van der Waals surface area (Å²) in [6.07, 6.45) is 5.09. The summed E-state index contributed by atoms with van der Waals surface area (Å²) in [6, 6.07) is 3.88. The smallest absolute Gasteiger partial charge is 0.209 e. The maximum Gasteiger partial charge on any atom is 0.209 e. The van der Waals surface area contributed by atoms with Crippen LogP contribution in [0.5, 0.6) is 0 Å². The highest BCUT2D eigenvalue weighted by atomic mass is 32.2. The molecule has 0 bridgehead atoms. The molecule has 1 heterocycles. The number of pyridine rings is 1. The van der Waals surface area contributed by atoms with Crippen molar-refractivity contribution in [3.05, 3.63) is 29.6 Å². The molecule has 2 rings (SSSR count). The summed E-state index contributed by atoms with van der Waals surface area (Å²) in [5.41, 5.74) is 1.96. The Kier molecular flexibility index (Phi) is 3.20. The number of rotatable bonds is 5. The second kappa shape index (κ2) is 4.36. The summed E-state index contributed by atoms with van der Waals surface area (Å²) < 4.78 is 24.3. The third-order valence-corrected chi connectivity index (χ3v) is 3.75. The summed E-state index contributed by atoms with van der Waals surface area (Å²) in [6.45, 7) is 0.290. The van der Waals surface area contributed by atoms with Crippen LogP contribution in [0.1, 0.15) is 24.1 Å². The molecule has 0 aliphatic heterocycles. The third-order valence-electron chi connectivity index (χ3n) is 3.08. The molecule has 1 aromatic heterocycles. The second-order valence-electron chi connectivity index (χ2n) is 4.48. The van der Waals surface area contributed by atoms with Crippen LogP contribution in [0, 0.1) is 0 Å². The molecule has 0 amide bonds. The zero-order chi connectivity index (χ0) is 12.5. The molecular formula is C11H17N3O2S. The van der Waals surface area contributed by atoms with E-state index in [0.717, 1.165) is 30.4 Å². The molecule has 0 spiro atoms. The van der Waals surface area contributed by atoms with Crippen LogP contribution in [0.25, 0.3) is 0 Å². The van der Waals surface area contributed by atoms with E-state index in [2.05, 4.69) is 15.0 Å². The van der Waals surface area contributed by atoms with Crippen LogP contribution in [0.2, 0.25) is 0 Å². The van der Waals surface area contributed by atoms with Gasteiger partial charge in [0.15, 0.2) is 0 Å². The maximum atomic E-state index is 10.9. The Labute approximate surface area is 102 Å². The number of nitrogens with one attached hydrogen (secondary N) is 2. The minimum atomic E-state index is -3.14. The number of hydrogen-bond donors (Lipinski definition) is 2. The van der Waals surface area contributed by atoms with Crippen molar-refractivity contribution < 1.29 is 8.42 Å². The normalized spacial score (nSPS) is 18.0. The lowest BCUT2D eigenvalue weighted by atomic mass is 10.1. The molecule has 6 heteroatoms. The number of hydrogen-bond acceptors (Lipinski definition) is 4. The minimum Gasteiger partial charge on any atom is -0.309 e. The summed E-state index contributed by atoms with van der Waals surface area (Å²) in [4.78, 5) is 4.39. The zero-order valence-corrected chi connectivity index (χ0v) is 10.8. The molecule has 2 N–H and O–H groups in total. The van der Waals surface area contributed by atoms with Crippen LogP contribution in [0.15, 0.2) is 18.3 Å². The lowest BCUT2D eigenvalue weighted by molar-refractivity contribution is 0.566. The van der Waals surface area contributed by atoms with E-state index in [1.165, 1.54) is 0 Å². The van der Waals surface area contributed by atoms with Crippen LogP contribution in [-0.4, -0.2) is 26.7 Å². The predicted molar refractivity (Wildman–Crippen MR) is 65.9 cm³/mol. The van der Waals surface area contributed by atoms with E-state index < -0.39 is 10.0 Å². The highest BCUT2D eigenvalue weighted by molar-refractivity contribution is 7.88. The van der Waals surface area contributed by atoms with Crippen LogP contribution >= 0.6 is 0 Å². The van der Waals surface area contributed by atoms with Gasteiger partial charge in [0.2, 0.25) is 10.0 Å². The van der Waals surface area contributed by atoms with Gasteiger partial charge in [-0.05, 0) is 31.5 Å². The van der Waals surface area contributed by atoms with Crippen LogP contribution in [0.3, 0.4) is 0 Å². The van der Waals surface area contributed by atoms with E-state index in [0.29, 0.717) is 6.54 Å². The Balaban J connectivity index is 2.04. The largest absolute Gasteiger partial charge is 0.309 e. The monoisotopic (exact) mass is 255 g/mol. The molecule has 1 aliphatic carbocycles. The molecule has 1 aromatic rings. The molecule has 0 unspecified atom stereocenters. The Morgan fingerprint density at radius 1 is 1.41 bits per heavy atom. The Bertz CT molecular complexity index is 492. The molecule has 1 saturated carbocycles. The van der Waals surface area contributed by atoms with Gasteiger partial charge in [-0.1, -0.05) is 6.07 Å². The standard InChI is InChI=1S/C11H17N3O2S/c1-12-11(5-6-11)10-4-3-9(7-13-10)8-14-17(2,15)16/h3-4,7,12,14H,5-6,8H2,1-2H3. The first-order chi connectivity index (χ1) is 7.95. The van der Waals surface area contributed by atoms with E-state index in [1.54, 1.807) is 6.20 Å². The van der Waals surface area contributed by atoms with Crippen molar-refractivity contribution >= 4 is 10.0 Å². The molecule has 94 valence electrons. The molecule has 1 aliphatic rings. The SMILES string of the molecule is CNC1(c2ccc(CNS(C)(=O)=O)cn2)CC1. The number of sulfonamides is 1. The number of aromatic nitrogens is 1. The molecule has 0 aromatic carbocycles. The van der Waals surface area contributed by atoms with Crippen molar-refractivity contribution in [2.75, 3.05) is 13.3 Å². The molecule has 17 heavy (non-hydrogen) atoms. The van der Waals surface area contributed by atoms with Crippen LogP contribution < -0.4 is 10.0 Å². The van der Waals surface area contributed by atoms with Crippen LogP contribution in [-0.2, 0) is 22.1 Å². The molecule has 0 saturated heterocycles. The van der Waals surface area contributed by atoms with Gasteiger partial charge in [-0.3, -0.25) is 4.98 Å². The molecule has 1 fully saturated rings. The average Bonchev–Trinajstić information content (AvgIpc) is 3.07. The van der Waals surface area contributed by atoms with Gasteiger partial charge < -0.3 is 5.32 Å². The Morgan fingerprint density at radius 2 is 2.12 bits per heavy atom. The fourth-order valence-corrected chi connectivity index (χ4v) is 2.21. The topological polar surface area (TPSA) is 71.1 Å². The lowest BCUT2D eigenvalue weighted by Crippen LogP contribution is -2.26. The van der Waals surface area contributed by atoms with Gasteiger partial charge in [-0.15, -0.1) is 0 Å². The van der Waals surface area contributed by atoms with Crippen molar-refractivity contribution in [1.82, 2.24) is 15.0 Å². The van der Waals surface area contributed by atoms with E-state index in [-0.39, 0.29) is 5.54 Å². The summed E-state index contributed by atoms with van der Waals surface area (Å²) >= 11 is 0. The highest BCUT2D eigenvalue weighted by Gasteiger charge is 2.43. The van der Waals surface area contributed by atoms with Crippen molar-refractivity contribution in [1.29, 1.82) is 0 Å². The van der Waals surface area contributed by atoms with Crippen molar-refractivity contribution in [2.45, 2.75) is 24.9 Å². The van der Waals surface area contributed by atoms with Crippen molar-refractivity contribution in [2.24, 2.45) is 0 Å². The van der Waals surface area contributed by atoms with E-state index in [1.807, 2.05) is 19.2 Å². The molecule has 0 radical (unpaired) electrons. The van der Waals surface area contributed by atoms with Gasteiger partial charge in [0, 0.05) is 12.7 Å². The van der Waals surface area contributed by atoms with Crippen molar-refractivity contribution in [3.8, 4) is 0 Å². The summed E-state index contributed by atoms with van der Waals surface area (Å²) in [5, 5.41) is 3.27. The van der Waals surface area contributed by atoms with Gasteiger partial charge in [-0.2, -0.15) is 0 Å². The second-order valence-corrected chi connectivity index (χ2v) is 6.31. The Hall–Kier alpha value is -0.980. The minimum absolute atomic E-state index is 0.0583. The zero-order valence-electron chi connectivity index (χ0n) is 10.0. The van der Waals surface area contributed by atoms with E-state index in [9.17, 15) is 8.42 Å². The van der Waals surface area contributed by atoms with Gasteiger partial charge in [0.05, 0.1) is 17.5 Å². The van der Waals surface area contributed by atoms with Gasteiger partial charge in [-0.25, -0.2) is 13.1 Å². The molecular weight excluding hydrogens is 238 g/mol. The Morgan fingerprint density at radius 3 is 2.53 bits per heavy atom. The average molecular weight is 255 g/mol. The van der Waals surface area contributed by atoms with Crippen molar-refractivity contribution in [3.63, 3.8) is 0 Å². The van der Waals surface area contributed by atoms with E-state index in [4.69, 9.17) is 0 Å². The maximum absolute atomic E-state index is 10.9. The molecule has 0 atom stereocenters. The quantitative estimate of drug-likeness (QED) is 0.796.